The van der Waals surface area contributed by atoms with Crippen LogP contribution in [0.4, 0.5) is 0 Å². The molecule has 0 saturated heterocycles. The maximum atomic E-state index is 12.6. The number of aryl methyl sites for hydroxylation is 3. The quantitative estimate of drug-likeness (QED) is 0.500. The molecule has 1 N–H and O–H groups in total. The molecule has 30 heavy (non-hydrogen) atoms. The van der Waals surface area contributed by atoms with Crippen molar-refractivity contribution < 1.29 is 18.4 Å². The SMILES string of the molecule is COc1cccc(CNC(=O)Cc2c(C)c3cc4c(C)coc4c(C)c3oc2=O)c1. The van der Waals surface area contributed by atoms with E-state index in [1.165, 1.54) is 0 Å². The van der Waals surface area contributed by atoms with Gasteiger partial charge in [-0.2, -0.15) is 0 Å². The molecule has 0 aliphatic heterocycles. The number of furan rings is 1. The monoisotopic (exact) mass is 405 g/mol. The van der Waals surface area contributed by atoms with Crippen LogP contribution < -0.4 is 15.7 Å². The molecule has 6 heteroatoms. The summed E-state index contributed by atoms with van der Waals surface area (Å²) in [6, 6.07) is 9.43. The summed E-state index contributed by atoms with van der Waals surface area (Å²) < 4.78 is 16.4. The van der Waals surface area contributed by atoms with Gasteiger partial charge in [-0.1, -0.05) is 12.1 Å². The van der Waals surface area contributed by atoms with Crippen LogP contribution >= 0.6 is 0 Å². The lowest BCUT2D eigenvalue weighted by molar-refractivity contribution is -0.120. The van der Waals surface area contributed by atoms with E-state index in [1.807, 2.05) is 51.1 Å². The Morgan fingerprint density at radius 1 is 1.07 bits per heavy atom. The number of carbonyl (C=O) groups is 1. The molecule has 4 aromatic rings. The van der Waals surface area contributed by atoms with E-state index in [0.29, 0.717) is 23.3 Å². The Morgan fingerprint density at radius 3 is 2.63 bits per heavy atom. The van der Waals surface area contributed by atoms with Crippen LogP contribution in [0, 0.1) is 20.8 Å². The van der Waals surface area contributed by atoms with Crippen LogP contribution in [0.1, 0.15) is 27.8 Å². The zero-order valence-electron chi connectivity index (χ0n) is 17.4. The van der Waals surface area contributed by atoms with E-state index in [0.717, 1.165) is 38.8 Å². The van der Waals surface area contributed by atoms with Gasteiger partial charge in [0.15, 0.2) is 0 Å². The van der Waals surface area contributed by atoms with Crippen LogP contribution in [0.2, 0.25) is 0 Å². The molecule has 0 aliphatic carbocycles. The minimum Gasteiger partial charge on any atom is -0.497 e. The van der Waals surface area contributed by atoms with E-state index in [2.05, 4.69) is 5.32 Å². The van der Waals surface area contributed by atoms with Gasteiger partial charge < -0.3 is 18.9 Å². The standard InChI is InChI=1S/C24H23NO5/c1-13-12-29-22-15(3)23-19(9-18(13)22)14(2)20(24(27)30-23)10-21(26)25-11-16-6-5-7-17(8-16)28-4/h5-9,12H,10-11H2,1-4H3,(H,25,26). The highest BCUT2D eigenvalue weighted by molar-refractivity contribution is 6.00. The third-order valence-corrected chi connectivity index (χ3v) is 5.50. The number of fused-ring (bicyclic) bond motifs is 2. The van der Waals surface area contributed by atoms with Crippen molar-refractivity contribution in [1.29, 1.82) is 0 Å². The molecule has 154 valence electrons. The molecule has 6 nitrogen and oxygen atoms in total. The fourth-order valence-electron chi connectivity index (χ4n) is 3.73. The van der Waals surface area contributed by atoms with Crippen LogP contribution in [0.25, 0.3) is 21.9 Å². The Labute approximate surface area is 173 Å². The Hall–Kier alpha value is -3.54. The van der Waals surface area contributed by atoms with Crippen LogP contribution in [0.5, 0.6) is 5.75 Å². The van der Waals surface area contributed by atoms with E-state index in [-0.39, 0.29) is 12.3 Å². The number of rotatable bonds is 5. The van der Waals surface area contributed by atoms with Gasteiger partial charge in [-0.3, -0.25) is 4.79 Å². The third kappa shape index (κ3) is 3.45. The molecule has 0 unspecified atom stereocenters. The number of nitrogens with one attached hydrogen (secondary N) is 1. The molecule has 0 atom stereocenters. The van der Waals surface area contributed by atoms with Crippen LogP contribution in [0.3, 0.4) is 0 Å². The van der Waals surface area contributed by atoms with Crippen molar-refractivity contribution in [2.45, 2.75) is 33.7 Å². The van der Waals surface area contributed by atoms with Gasteiger partial charge in [-0.05, 0) is 55.7 Å². The topological polar surface area (TPSA) is 81.7 Å². The second kappa shape index (κ2) is 7.71. The highest BCUT2D eigenvalue weighted by Crippen LogP contribution is 2.32. The van der Waals surface area contributed by atoms with Gasteiger partial charge in [0.1, 0.15) is 16.9 Å². The summed E-state index contributed by atoms with van der Waals surface area (Å²) in [5.41, 5.74) is 4.55. The molecule has 0 radical (unpaired) electrons. The summed E-state index contributed by atoms with van der Waals surface area (Å²) in [6.45, 7) is 6.04. The number of amides is 1. The third-order valence-electron chi connectivity index (χ3n) is 5.50. The number of carbonyl (C=O) groups excluding carboxylic acids is 1. The molecule has 4 rings (SSSR count). The molecule has 0 saturated carbocycles. The normalized spacial score (nSPS) is 11.2. The van der Waals surface area contributed by atoms with Gasteiger partial charge in [0.05, 0.1) is 25.4 Å². The van der Waals surface area contributed by atoms with Gasteiger partial charge >= 0.3 is 5.63 Å². The zero-order valence-corrected chi connectivity index (χ0v) is 17.4. The van der Waals surface area contributed by atoms with Crippen molar-refractivity contribution in [3.05, 3.63) is 74.8 Å². The lowest BCUT2D eigenvalue weighted by Crippen LogP contribution is -2.27. The summed E-state index contributed by atoms with van der Waals surface area (Å²) in [5, 5.41) is 4.65. The first-order valence-corrected chi connectivity index (χ1v) is 9.72. The van der Waals surface area contributed by atoms with E-state index in [4.69, 9.17) is 13.6 Å². The highest BCUT2D eigenvalue weighted by Gasteiger charge is 2.19. The zero-order chi connectivity index (χ0) is 21.4. The molecule has 1 amide bonds. The van der Waals surface area contributed by atoms with E-state index >= 15 is 0 Å². The number of methoxy groups -OCH3 is 1. The molecule has 0 spiro atoms. The van der Waals surface area contributed by atoms with Gasteiger partial charge in [0.25, 0.3) is 0 Å². The van der Waals surface area contributed by atoms with Crippen molar-refractivity contribution >= 4 is 27.8 Å². The van der Waals surface area contributed by atoms with Crippen LogP contribution in [0.15, 0.2) is 50.2 Å². The molecule has 0 fully saturated rings. The van der Waals surface area contributed by atoms with E-state index < -0.39 is 5.63 Å². The number of ether oxygens (including phenoxy) is 1. The first kappa shape index (κ1) is 19.8. The van der Waals surface area contributed by atoms with Gasteiger partial charge in [0.2, 0.25) is 5.91 Å². The summed E-state index contributed by atoms with van der Waals surface area (Å²) in [5.74, 6) is 0.480. The second-order valence-electron chi connectivity index (χ2n) is 7.47. The van der Waals surface area contributed by atoms with Crippen LogP contribution in [-0.4, -0.2) is 13.0 Å². The Morgan fingerprint density at radius 2 is 1.87 bits per heavy atom. The second-order valence-corrected chi connectivity index (χ2v) is 7.47. The molecule has 2 heterocycles. The molecule has 0 aliphatic rings. The lowest BCUT2D eigenvalue weighted by atomic mass is 9.99. The smallest absolute Gasteiger partial charge is 0.340 e. The summed E-state index contributed by atoms with van der Waals surface area (Å²) in [4.78, 5) is 25.2. The van der Waals surface area contributed by atoms with Crippen LogP contribution in [-0.2, 0) is 17.8 Å². The average Bonchev–Trinajstić information content (AvgIpc) is 3.12. The maximum absolute atomic E-state index is 12.6. The Balaban J connectivity index is 1.63. The first-order valence-electron chi connectivity index (χ1n) is 9.72. The summed E-state index contributed by atoms with van der Waals surface area (Å²) >= 11 is 0. The fourth-order valence-corrected chi connectivity index (χ4v) is 3.73. The predicted molar refractivity (Wildman–Crippen MR) is 115 cm³/mol. The van der Waals surface area contributed by atoms with Crippen molar-refractivity contribution in [2.24, 2.45) is 0 Å². The Kier molecular flexibility index (Phi) is 5.08. The molecule has 0 bridgehead atoms. The number of hydrogen-bond acceptors (Lipinski definition) is 5. The van der Waals surface area contributed by atoms with Gasteiger partial charge in [0, 0.05) is 22.9 Å². The van der Waals surface area contributed by atoms with E-state index in [9.17, 15) is 9.59 Å². The van der Waals surface area contributed by atoms with Crippen molar-refractivity contribution in [3.8, 4) is 5.75 Å². The van der Waals surface area contributed by atoms with Crippen molar-refractivity contribution in [2.75, 3.05) is 7.11 Å². The largest absolute Gasteiger partial charge is 0.497 e. The summed E-state index contributed by atoms with van der Waals surface area (Å²) in [6.07, 6.45) is 1.65. The van der Waals surface area contributed by atoms with E-state index in [1.54, 1.807) is 13.4 Å². The molecular weight excluding hydrogens is 382 g/mol. The van der Waals surface area contributed by atoms with Crippen molar-refractivity contribution in [1.82, 2.24) is 5.32 Å². The highest BCUT2D eigenvalue weighted by atomic mass is 16.5. The summed E-state index contributed by atoms with van der Waals surface area (Å²) in [7, 11) is 1.60. The maximum Gasteiger partial charge on any atom is 0.340 e. The minimum atomic E-state index is -0.498. The molecular formula is C24H23NO5. The van der Waals surface area contributed by atoms with Crippen molar-refractivity contribution in [3.63, 3.8) is 0 Å². The average molecular weight is 405 g/mol. The molecule has 2 aromatic carbocycles. The number of hydrogen-bond donors (Lipinski definition) is 1. The molecule has 2 aromatic heterocycles. The fraction of sp³-hybridized carbons (Fsp3) is 0.250. The predicted octanol–water partition coefficient (Wildman–Crippen LogP) is 4.33. The number of benzene rings is 2. The first-order chi connectivity index (χ1) is 14.4. The van der Waals surface area contributed by atoms with Gasteiger partial charge in [-0.25, -0.2) is 4.79 Å². The lowest BCUT2D eigenvalue weighted by Gasteiger charge is -2.11. The Bertz CT molecular complexity index is 1330. The minimum absolute atomic E-state index is 0.0461. The van der Waals surface area contributed by atoms with Gasteiger partial charge in [-0.15, -0.1) is 0 Å².